The molecule has 1 aromatic carbocycles. The van der Waals surface area contributed by atoms with Gasteiger partial charge in [-0.3, -0.25) is 4.79 Å². The minimum Gasteiger partial charge on any atom is -0.395 e. The predicted octanol–water partition coefficient (Wildman–Crippen LogP) is 1.06. The highest BCUT2D eigenvalue weighted by Crippen LogP contribution is 2.11. The quantitative estimate of drug-likeness (QED) is 0.344. The van der Waals surface area contributed by atoms with Crippen LogP contribution in [-0.2, 0) is 11.3 Å². The number of aldehydes is 1. The van der Waals surface area contributed by atoms with Gasteiger partial charge in [0.15, 0.2) is 6.29 Å². The molecule has 0 heterocycles. The molecule has 0 amide bonds. The number of carbonyl (C=O) groups excluding carboxylic acids is 1. The Hall–Kier alpha value is -1.81. The van der Waals surface area contributed by atoms with Crippen molar-refractivity contribution in [1.82, 2.24) is 5.01 Å². The first-order chi connectivity index (χ1) is 7.56. The Morgan fingerprint density at radius 3 is 2.62 bits per heavy atom. The number of allylic oxidation sites excluding steroid dienone is 2. The highest BCUT2D eigenvalue weighted by Gasteiger charge is 2.06. The van der Waals surface area contributed by atoms with E-state index in [-0.39, 0.29) is 5.70 Å². The molecule has 0 spiro atoms. The van der Waals surface area contributed by atoms with E-state index in [0.717, 1.165) is 11.1 Å². The van der Waals surface area contributed by atoms with Crippen LogP contribution < -0.4 is 11.6 Å². The van der Waals surface area contributed by atoms with Crippen molar-refractivity contribution in [2.24, 2.45) is 11.6 Å². The third kappa shape index (κ3) is 2.84. The minimum absolute atomic E-state index is 0.163. The first-order valence-electron chi connectivity index (χ1n) is 5.04. The fraction of sp³-hybridized carbons (Fsp3) is 0.250. The van der Waals surface area contributed by atoms with Crippen LogP contribution in [0.1, 0.15) is 18.1 Å². The summed E-state index contributed by atoms with van der Waals surface area (Å²) in [6, 6.07) is 7.95. The summed E-state index contributed by atoms with van der Waals surface area (Å²) in [5.41, 5.74) is 8.52. The molecule has 0 aliphatic carbocycles. The van der Waals surface area contributed by atoms with Crippen LogP contribution in [0.5, 0.6) is 0 Å². The van der Waals surface area contributed by atoms with Crippen LogP contribution in [0.3, 0.4) is 0 Å². The number of carbonyl (C=O) groups is 1. The van der Waals surface area contributed by atoms with Crippen LogP contribution in [0, 0.1) is 6.92 Å². The molecule has 0 atom stereocenters. The molecule has 1 rings (SSSR count). The summed E-state index contributed by atoms with van der Waals surface area (Å²) in [7, 11) is 0. The molecule has 4 nitrogen and oxygen atoms in total. The molecular formula is C12H17N3O. The lowest BCUT2D eigenvalue weighted by molar-refractivity contribution is -0.105. The standard InChI is InChI=1S/C12H17N3O/c1-9-5-3-4-6-11(9)7-15(14)10(2)12(13)8-16/h3-6,8H,7,13-14H2,1-2H3/b12-10-. The Bertz CT molecular complexity index is 412. The van der Waals surface area contributed by atoms with Gasteiger partial charge in [0.25, 0.3) is 0 Å². The van der Waals surface area contributed by atoms with E-state index in [0.29, 0.717) is 18.5 Å². The van der Waals surface area contributed by atoms with Crippen LogP contribution in [0.4, 0.5) is 0 Å². The second-order valence-electron chi connectivity index (χ2n) is 3.71. The summed E-state index contributed by atoms with van der Waals surface area (Å²) >= 11 is 0. The highest BCUT2D eigenvalue weighted by molar-refractivity contribution is 5.72. The van der Waals surface area contributed by atoms with Crippen molar-refractivity contribution in [3.05, 3.63) is 46.8 Å². The van der Waals surface area contributed by atoms with Gasteiger partial charge in [-0.15, -0.1) is 0 Å². The smallest absolute Gasteiger partial charge is 0.167 e. The molecule has 0 aromatic heterocycles. The van der Waals surface area contributed by atoms with Crippen LogP contribution in [-0.4, -0.2) is 11.3 Å². The van der Waals surface area contributed by atoms with Crippen LogP contribution in [0.15, 0.2) is 35.7 Å². The minimum atomic E-state index is 0.163. The zero-order valence-electron chi connectivity index (χ0n) is 9.60. The Morgan fingerprint density at radius 1 is 1.44 bits per heavy atom. The molecule has 0 saturated heterocycles. The molecule has 4 heteroatoms. The lowest BCUT2D eigenvalue weighted by atomic mass is 10.1. The van der Waals surface area contributed by atoms with Gasteiger partial charge < -0.3 is 10.7 Å². The molecule has 1 aromatic rings. The molecule has 0 unspecified atom stereocenters. The number of nitrogens with two attached hydrogens (primary N) is 2. The Balaban J connectivity index is 2.83. The largest absolute Gasteiger partial charge is 0.395 e. The lowest BCUT2D eigenvalue weighted by Crippen LogP contribution is -2.31. The average Bonchev–Trinajstić information content (AvgIpc) is 2.30. The summed E-state index contributed by atoms with van der Waals surface area (Å²) < 4.78 is 0. The van der Waals surface area contributed by atoms with E-state index < -0.39 is 0 Å². The SMILES string of the molecule is C/C(=C(/N)C=O)N(N)Cc1ccccc1C. The van der Waals surface area contributed by atoms with Crippen molar-refractivity contribution < 1.29 is 4.79 Å². The Kier molecular flexibility index (Phi) is 4.08. The van der Waals surface area contributed by atoms with Gasteiger partial charge in [-0.1, -0.05) is 24.3 Å². The van der Waals surface area contributed by atoms with Gasteiger partial charge in [-0.05, 0) is 25.0 Å². The zero-order valence-corrected chi connectivity index (χ0v) is 9.60. The number of benzene rings is 1. The first kappa shape index (κ1) is 12.3. The van der Waals surface area contributed by atoms with Crippen molar-refractivity contribution in [3.63, 3.8) is 0 Å². The second kappa shape index (κ2) is 5.32. The monoisotopic (exact) mass is 219 g/mol. The first-order valence-corrected chi connectivity index (χ1v) is 5.04. The van der Waals surface area contributed by atoms with Gasteiger partial charge in [-0.25, -0.2) is 5.84 Å². The fourth-order valence-corrected chi connectivity index (χ4v) is 1.34. The van der Waals surface area contributed by atoms with Gasteiger partial charge in [0, 0.05) is 0 Å². The zero-order chi connectivity index (χ0) is 12.1. The third-order valence-electron chi connectivity index (χ3n) is 2.58. The number of hydrazine groups is 1. The van der Waals surface area contributed by atoms with E-state index >= 15 is 0 Å². The van der Waals surface area contributed by atoms with Crippen molar-refractivity contribution in [3.8, 4) is 0 Å². The summed E-state index contributed by atoms with van der Waals surface area (Å²) in [4.78, 5) is 10.5. The molecule has 0 aliphatic rings. The van der Waals surface area contributed by atoms with Crippen molar-refractivity contribution in [1.29, 1.82) is 0 Å². The van der Waals surface area contributed by atoms with E-state index in [1.807, 2.05) is 31.2 Å². The van der Waals surface area contributed by atoms with Gasteiger partial charge in [0.05, 0.1) is 17.9 Å². The Labute approximate surface area is 95.5 Å². The van der Waals surface area contributed by atoms with Crippen molar-refractivity contribution in [2.45, 2.75) is 20.4 Å². The molecule has 0 radical (unpaired) electrons. The van der Waals surface area contributed by atoms with Gasteiger partial charge in [-0.2, -0.15) is 0 Å². The summed E-state index contributed by atoms with van der Waals surface area (Å²) in [6.45, 7) is 4.28. The van der Waals surface area contributed by atoms with Crippen molar-refractivity contribution >= 4 is 6.29 Å². The predicted molar refractivity (Wildman–Crippen MR) is 63.9 cm³/mol. The highest BCUT2D eigenvalue weighted by atomic mass is 16.1. The fourth-order valence-electron chi connectivity index (χ4n) is 1.34. The summed E-state index contributed by atoms with van der Waals surface area (Å²) in [6.07, 6.45) is 0.604. The molecule has 0 bridgehead atoms. The molecule has 0 fully saturated rings. The molecule has 86 valence electrons. The maximum atomic E-state index is 10.5. The summed E-state index contributed by atoms with van der Waals surface area (Å²) in [5, 5.41) is 1.48. The molecular weight excluding hydrogens is 202 g/mol. The topological polar surface area (TPSA) is 72.4 Å². The number of nitrogens with zero attached hydrogens (tertiary/aromatic N) is 1. The van der Waals surface area contributed by atoms with E-state index in [1.54, 1.807) is 6.92 Å². The molecule has 16 heavy (non-hydrogen) atoms. The van der Waals surface area contributed by atoms with Crippen LogP contribution in [0.25, 0.3) is 0 Å². The van der Waals surface area contributed by atoms with Crippen molar-refractivity contribution in [2.75, 3.05) is 0 Å². The maximum absolute atomic E-state index is 10.5. The Morgan fingerprint density at radius 2 is 2.06 bits per heavy atom. The van der Waals surface area contributed by atoms with E-state index in [1.165, 1.54) is 5.01 Å². The number of hydrogen-bond donors (Lipinski definition) is 2. The molecule has 0 saturated carbocycles. The van der Waals surface area contributed by atoms with E-state index in [2.05, 4.69) is 0 Å². The number of hydrogen-bond acceptors (Lipinski definition) is 4. The van der Waals surface area contributed by atoms with Crippen LogP contribution in [0.2, 0.25) is 0 Å². The molecule has 4 N–H and O–H groups in total. The van der Waals surface area contributed by atoms with Crippen LogP contribution >= 0.6 is 0 Å². The third-order valence-corrected chi connectivity index (χ3v) is 2.58. The van der Waals surface area contributed by atoms with Gasteiger partial charge in [0.2, 0.25) is 0 Å². The number of rotatable bonds is 4. The van der Waals surface area contributed by atoms with E-state index in [9.17, 15) is 4.79 Å². The van der Waals surface area contributed by atoms with Gasteiger partial charge in [0.1, 0.15) is 0 Å². The normalized spacial score (nSPS) is 11.9. The summed E-state index contributed by atoms with van der Waals surface area (Å²) in [5.74, 6) is 5.83. The lowest BCUT2D eigenvalue weighted by Gasteiger charge is -2.21. The number of aryl methyl sites for hydroxylation is 1. The average molecular weight is 219 g/mol. The maximum Gasteiger partial charge on any atom is 0.167 e. The molecule has 0 aliphatic heterocycles. The van der Waals surface area contributed by atoms with E-state index in [4.69, 9.17) is 11.6 Å². The second-order valence-corrected chi connectivity index (χ2v) is 3.71. The van der Waals surface area contributed by atoms with Gasteiger partial charge >= 0.3 is 0 Å².